The van der Waals surface area contributed by atoms with Crippen molar-refractivity contribution in [3.63, 3.8) is 0 Å². The van der Waals surface area contributed by atoms with Crippen LogP contribution < -0.4 is 15.4 Å². The normalized spacial score (nSPS) is 25.4. The van der Waals surface area contributed by atoms with Crippen LogP contribution in [0, 0.1) is 11.8 Å². The Bertz CT molecular complexity index is 1750. The number of aliphatic hydroxyl groups excluding tert-OH is 1. The smallest absolute Gasteiger partial charge is 0.247 e. The second-order valence-corrected chi connectivity index (χ2v) is 12.1. The van der Waals surface area contributed by atoms with Crippen LogP contribution in [0.15, 0.2) is 78.9 Å². The molecule has 3 amide bonds. The number of likely N-dealkylation sites (tertiary alicyclic amines) is 1. The van der Waals surface area contributed by atoms with Crippen molar-refractivity contribution in [1.29, 1.82) is 0 Å². The molecule has 3 aromatic carbocycles. The molecule has 12 heteroatoms. The van der Waals surface area contributed by atoms with Crippen LogP contribution in [0.3, 0.4) is 0 Å². The van der Waals surface area contributed by atoms with E-state index >= 15 is 0 Å². The van der Waals surface area contributed by atoms with Gasteiger partial charge >= 0.3 is 0 Å². The maximum absolute atomic E-state index is 14.5. The number of rotatable bonds is 11. The number of ether oxygens (including phenoxy) is 2. The first kappa shape index (κ1) is 29.9. The molecule has 4 aromatic rings. The molecule has 2 bridgehead atoms. The zero-order valence-corrected chi connectivity index (χ0v) is 25.4. The zero-order chi connectivity index (χ0) is 31.8. The van der Waals surface area contributed by atoms with Crippen molar-refractivity contribution >= 4 is 34.4 Å². The van der Waals surface area contributed by atoms with E-state index < -0.39 is 41.5 Å². The summed E-state index contributed by atoms with van der Waals surface area (Å²) in [6.07, 6.45) is 0.773. The summed E-state index contributed by atoms with van der Waals surface area (Å²) in [6.45, 7) is 2.08. The first-order chi connectivity index (χ1) is 22.4. The summed E-state index contributed by atoms with van der Waals surface area (Å²) < 4.78 is 13.7. The highest BCUT2D eigenvalue weighted by Crippen LogP contribution is 2.59. The standard InChI is InChI=1S/C34H36N6O6/c1-2-45-24-14-12-22(13-15-24)36-31(42)28-27-16-17-34(46-27)29(28)33(44)40(23(19-41)18-21-8-4-3-5-9-21)30(34)32(43)35-20-39-26-11-7-6-10-25(26)37-38-39/h3-15,23,27-30,41H,2,16-20H2,1H3,(H,35,43)(H,36,42)/t23-,27-,28+,29+,30?,34?/m1/s1. The fourth-order valence-electron chi connectivity index (χ4n) is 7.53. The Morgan fingerprint density at radius 1 is 1.07 bits per heavy atom. The van der Waals surface area contributed by atoms with Crippen LogP contribution in [-0.4, -0.2) is 79.7 Å². The lowest BCUT2D eigenvalue weighted by Gasteiger charge is -2.36. The number of aliphatic hydroxyl groups is 1. The summed E-state index contributed by atoms with van der Waals surface area (Å²) in [4.78, 5) is 44.1. The van der Waals surface area contributed by atoms with Gasteiger partial charge < -0.3 is 30.1 Å². The van der Waals surface area contributed by atoms with E-state index in [1.54, 1.807) is 28.9 Å². The minimum absolute atomic E-state index is 0.0200. The van der Waals surface area contributed by atoms with Crippen LogP contribution in [0.2, 0.25) is 0 Å². The average molecular weight is 625 g/mol. The Kier molecular flexibility index (Phi) is 7.91. The monoisotopic (exact) mass is 624 g/mol. The first-order valence-electron chi connectivity index (χ1n) is 15.7. The predicted octanol–water partition coefficient (Wildman–Crippen LogP) is 2.52. The summed E-state index contributed by atoms with van der Waals surface area (Å²) in [7, 11) is 0. The van der Waals surface area contributed by atoms with Crippen molar-refractivity contribution in [3.8, 4) is 5.75 Å². The highest BCUT2D eigenvalue weighted by molar-refractivity contribution is 6.02. The number of nitrogens with zero attached hydrogens (tertiary/aromatic N) is 4. The Morgan fingerprint density at radius 2 is 1.83 bits per heavy atom. The van der Waals surface area contributed by atoms with Crippen LogP contribution in [-0.2, 0) is 32.2 Å². The predicted molar refractivity (Wildman–Crippen MR) is 167 cm³/mol. The Morgan fingerprint density at radius 3 is 2.59 bits per heavy atom. The summed E-state index contributed by atoms with van der Waals surface area (Å²) >= 11 is 0. The van der Waals surface area contributed by atoms with Gasteiger partial charge in [0.1, 0.15) is 29.6 Å². The molecule has 238 valence electrons. The van der Waals surface area contributed by atoms with Gasteiger partial charge in [-0.05, 0) is 68.1 Å². The molecule has 3 N–H and O–H groups in total. The topological polar surface area (TPSA) is 148 Å². The molecule has 46 heavy (non-hydrogen) atoms. The van der Waals surface area contributed by atoms with Gasteiger partial charge in [-0.2, -0.15) is 0 Å². The molecular formula is C34H36N6O6. The number of benzene rings is 3. The third kappa shape index (κ3) is 5.07. The van der Waals surface area contributed by atoms with Crippen LogP contribution in [0.1, 0.15) is 25.3 Å². The van der Waals surface area contributed by atoms with Crippen LogP contribution in [0.5, 0.6) is 5.75 Å². The summed E-state index contributed by atoms with van der Waals surface area (Å²) in [5.74, 6) is -2.14. The Hall–Kier alpha value is -4.81. The van der Waals surface area contributed by atoms with Gasteiger partial charge in [-0.25, -0.2) is 4.68 Å². The fourth-order valence-corrected chi connectivity index (χ4v) is 7.53. The number of amides is 3. The van der Waals surface area contributed by atoms with E-state index in [9.17, 15) is 19.5 Å². The third-order valence-corrected chi connectivity index (χ3v) is 9.46. The van der Waals surface area contributed by atoms with Gasteiger partial charge in [-0.15, -0.1) is 5.10 Å². The lowest BCUT2D eigenvalue weighted by atomic mass is 9.70. The van der Waals surface area contributed by atoms with Crippen molar-refractivity contribution in [2.45, 2.75) is 56.6 Å². The molecule has 1 spiro atoms. The highest BCUT2D eigenvalue weighted by atomic mass is 16.5. The maximum Gasteiger partial charge on any atom is 0.247 e. The third-order valence-electron chi connectivity index (χ3n) is 9.46. The molecule has 0 saturated carbocycles. The van der Waals surface area contributed by atoms with Gasteiger partial charge in [-0.1, -0.05) is 47.7 Å². The molecule has 0 radical (unpaired) electrons. The molecule has 0 aliphatic carbocycles. The van der Waals surface area contributed by atoms with Crippen molar-refractivity contribution in [1.82, 2.24) is 25.2 Å². The van der Waals surface area contributed by atoms with Gasteiger partial charge in [0.25, 0.3) is 0 Å². The van der Waals surface area contributed by atoms with E-state index in [1.807, 2.05) is 61.5 Å². The number of para-hydroxylation sites is 1. The molecule has 1 aromatic heterocycles. The van der Waals surface area contributed by atoms with Gasteiger partial charge in [0, 0.05) is 5.69 Å². The van der Waals surface area contributed by atoms with Crippen LogP contribution >= 0.6 is 0 Å². The largest absolute Gasteiger partial charge is 0.494 e. The zero-order valence-electron chi connectivity index (χ0n) is 25.4. The lowest BCUT2D eigenvalue weighted by Crippen LogP contribution is -2.58. The molecule has 3 saturated heterocycles. The molecule has 12 nitrogen and oxygen atoms in total. The molecule has 4 heterocycles. The summed E-state index contributed by atoms with van der Waals surface area (Å²) in [6, 6.07) is 22.2. The van der Waals surface area contributed by atoms with Gasteiger partial charge in [0.2, 0.25) is 17.7 Å². The summed E-state index contributed by atoms with van der Waals surface area (Å²) in [5, 5.41) is 24.9. The molecule has 3 aliphatic heterocycles. The van der Waals surface area contributed by atoms with Crippen molar-refractivity contribution in [2.75, 3.05) is 18.5 Å². The molecule has 2 unspecified atom stereocenters. The number of anilines is 1. The molecule has 3 fully saturated rings. The van der Waals surface area contributed by atoms with E-state index in [4.69, 9.17) is 9.47 Å². The molecule has 6 atom stereocenters. The van der Waals surface area contributed by atoms with Gasteiger partial charge in [0.05, 0.1) is 42.7 Å². The Labute approximate surface area is 265 Å². The highest BCUT2D eigenvalue weighted by Gasteiger charge is 2.75. The number of carbonyl (C=O) groups is 3. The Balaban J connectivity index is 1.19. The summed E-state index contributed by atoms with van der Waals surface area (Å²) in [5.41, 5.74) is 1.70. The number of aromatic nitrogens is 3. The molecule has 3 aliphatic rings. The fraction of sp³-hybridized carbons (Fsp3) is 0.382. The van der Waals surface area contributed by atoms with Gasteiger partial charge in [0.15, 0.2) is 0 Å². The lowest BCUT2D eigenvalue weighted by molar-refractivity contribution is -0.145. The van der Waals surface area contributed by atoms with E-state index in [0.29, 0.717) is 42.8 Å². The van der Waals surface area contributed by atoms with Crippen molar-refractivity contribution in [3.05, 3.63) is 84.4 Å². The number of carbonyl (C=O) groups excluding carboxylic acids is 3. The number of hydrogen-bond acceptors (Lipinski definition) is 8. The molecule has 7 rings (SSSR count). The van der Waals surface area contributed by atoms with Crippen LogP contribution in [0.25, 0.3) is 11.0 Å². The van der Waals surface area contributed by atoms with Crippen LogP contribution in [0.4, 0.5) is 5.69 Å². The van der Waals surface area contributed by atoms with E-state index in [0.717, 1.165) is 11.1 Å². The minimum Gasteiger partial charge on any atom is -0.494 e. The van der Waals surface area contributed by atoms with Crippen molar-refractivity contribution in [2.24, 2.45) is 11.8 Å². The van der Waals surface area contributed by atoms with E-state index in [-0.39, 0.29) is 25.1 Å². The minimum atomic E-state index is -1.22. The van der Waals surface area contributed by atoms with E-state index in [2.05, 4.69) is 20.9 Å². The van der Waals surface area contributed by atoms with Crippen molar-refractivity contribution < 1.29 is 29.0 Å². The number of hydrogen-bond donors (Lipinski definition) is 3. The van der Waals surface area contributed by atoms with Gasteiger partial charge in [-0.3, -0.25) is 14.4 Å². The number of fused-ring (bicyclic) bond motifs is 2. The number of nitrogens with one attached hydrogen (secondary N) is 2. The maximum atomic E-state index is 14.5. The second kappa shape index (κ2) is 12.2. The molecular weight excluding hydrogens is 588 g/mol. The first-order valence-corrected chi connectivity index (χ1v) is 15.7. The quantitative estimate of drug-likeness (QED) is 0.231. The second-order valence-electron chi connectivity index (χ2n) is 12.1. The average Bonchev–Trinajstić information content (AvgIpc) is 3.83. The SMILES string of the molecule is CCOc1ccc(NC(=O)[C@@H]2[C@H]3C(=O)N([C@@H](CO)Cc4ccccc4)C(C(=O)NCn4nnc5ccccc54)C34CC[C@H]2O4)cc1. The van der Waals surface area contributed by atoms with E-state index in [1.165, 1.54) is 4.90 Å².